The van der Waals surface area contributed by atoms with Crippen molar-refractivity contribution in [3.8, 4) is 0 Å². The van der Waals surface area contributed by atoms with Crippen LogP contribution in [0.4, 0.5) is 0 Å². The molecule has 0 saturated carbocycles. The number of carbonyl (C=O) groups is 2. The smallest absolute Gasteiger partial charge is 0.305 e. The monoisotopic (exact) mass is 508 g/mol. The minimum absolute atomic E-state index is 0.174. The molecular weight excluding hydrogens is 448 g/mol. The van der Waals surface area contributed by atoms with E-state index in [1.807, 2.05) is 0 Å². The van der Waals surface area contributed by atoms with E-state index in [4.69, 9.17) is 9.47 Å². The van der Waals surface area contributed by atoms with Crippen LogP contribution in [-0.2, 0) is 19.1 Å². The molecular formula is C32H60O4. The Balaban J connectivity index is 3.32. The van der Waals surface area contributed by atoms with Gasteiger partial charge in [0.05, 0.1) is 0 Å². The summed E-state index contributed by atoms with van der Waals surface area (Å²) >= 11 is 0. The van der Waals surface area contributed by atoms with Gasteiger partial charge < -0.3 is 9.47 Å². The second-order valence-electron chi connectivity index (χ2n) is 10.4. The second-order valence-corrected chi connectivity index (χ2v) is 10.4. The molecule has 0 fully saturated rings. The third kappa shape index (κ3) is 28.9. The predicted octanol–water partition coefficient (Wildman–Crippen LogP) is 10.0. The number of hydrogen-bond acceptors (Lipinski definition) is 4. The second kappa shape index (κ2) is 29.9. The zero-order chi connectivity index (χ0) is 26.4. The Bertz CT molecular complexity index is 500. The van der Waals surface area contributed by atoms with E-state index < -0.39 is 0 Å². The van der Waals surface area contributed by atoms with Crippen molar-refractivity contribution in [2.45, 2.75) is 168 Å². The highest BCUT2D eigenvalue weighted by Crippen LogP contribution is 2.12. The number of rotatable bonds is 28. The molecule has 0 rings (SSSR count). The van der Waals surface area contributed by atoms with Gasteiger partial charge in [-0.05, 0) is 38.5 Å². The first-order valence-electron chi connectivity index (χ1n) is 15.7. The van der Waals surface area contributed by atoms with Crippen LogP contribution in [0.15, 0.2) is 12.2 Å². The van der Waals surface area contributed by atoms with Gasteiger partial charge in [0.2, 0.25) is 0 Å². The van der Waals surface area contributed by atoms with Crippen LogP contribution in [0.3, 0.4) is 0 Å². The summed E-state index contributed by atoms with van der Waals surface area (Å²) in [6.07, 6.45) is 32.9. The highest BCUT2D eigenvalue weighted by molar-refractivity contribution is 5.70. The number of ether oxygens (including phenoxy) is 2. The van der Waals surface area contributed by atoms with E-state index in [1.165, 1.54) is 116 Å². The van der Waals surface area contributed by atoms with E-state index in [1.54, 1.807) is 0 Å². The maximum absolute atomic E-state index is 11.8. The van der Waals surface area contributed by atoms with Gasteiger partial charge in [0.1, 0.15) is 13.2 Å². The zero-order valence-corrected chi connectivity index (χ0v) is 24.2. The molecule has 0 spiro atoms. The van der Waals surface area contributed by atoms with Crippen LogP contribution in [0, 0.1) is 0 Å². The first kappa shape index (κ1) is 34.7. The average molecular weight is 509 g/mol. The third-order valence-electron chi connectivity index (χ3n) is 6.74. The number of esters is 2. The zero-order valence-electron chi connectivity index (χ0n) is 24.2. The molecule has 0 amide bonds. The van der Waals surface area contributed by atoms with Gasteiger partial charge in [0.15, 0.2) is 0 Å². The molecule has 0 saturated heterocycles. The molecule has 0 aliphatic heterocycles. The van der Waals surface area contributed by atoms with Crippen LogP contribution in [0.5, 0.6) is 0 Å². The highest BCUT2D eigenvalue weighted by atomic mass is 16.6. The molecule has 0 unspecified atom stereocenters. The molecule has 36 heavy (non-hydrogen) atoms. The van der Waals surface area contributed by atoms with Gasteiger partial charge >= 0.3 is 11.9 Å². The summed E-state index contributed by atoms with van der Waals surface area (Å²) < 4.78 is 10.4. The fourth-order valence-corrected chi connectivity index (χ4v) is 4.38. The summed E-state index contributed by atoms with van der Waals surface area (Å²) in [6, 6.07) is 0. The summed E-state index contributed by atoms with van der Waals surface area (Å²) in [5, 5.41) is 0. The van der Waals surface area contributed by atoms with E-state index in [2.05, 4.69) is 26.0 Å². The Morgan fingerprint density at radius 3 is 1.11 bits per heavy atom. The van der Waals surface area contributed by atoms with Gasteiger partial charge in [-0.2, -0.15) is 0 Å². The average Bonchev–Trinajstić information content (AvgIpc) is 2.88. The molecule has 0 N–H and O–H groups in total. The lowest BCUT2D eigenvalue weighted by atomic mass is 10.1. The van der Waals surface area contributed by atoms with Crippen molar-refractivity contribution < 1.29 is 19.1 Å². The van der Waals surface area contributed by atoms with Crippen molar-refractivity contribution >= 4 is 11.9 Å². The molecule has 0 aromatic rings. The molecule has 0 aromatic heterocycles. The molecule has 0 aliphatic rings. The Kier molecular flexibility index (Phi) is 28.8. The van der Waals surface area contributed by atoms with E-state index in [0.29, 0.717) is 12.8 Å². The van der Waals surface area contributed by atoms with Crippen LogP contribution in [-0.4, -0.2) is 25.2 Å². The summed E-state index contributed by atoms with van der Waals surface area (Å²) in [7, 11) is 0. The maximum Gasteiger partial charge on any atom is 0.305 e. The quantitative estimate of drug-likeness (QED) is 0.0599. The Morgan fingerprint density at radius 1 is 0.444 bits per heavy atom. The van der Waals surface area contributed by atoms with Crippen molar-refractivity contribution in [3.05, 3.63) is 12.2 Å². The van der Waals surface area contributed by atoms with Crippen LogP contribution in [0.25, 0.3) is 0 Å². The number of hydrogen-bond donors (Lipinski definition) is 0. The van der Waals surface area contributed by atoms with Crippen molar-refractivity contribution in [2.24, 2.45) is 0 Å². The molecule has 4 heteroatoms. The number of carbonyl (C=O) groups excluding carboxylic acids is 2. The summed E-state index contributed by atoms with van der Waals surface area (Å²) in [4.78, 5) is 23.6. The van der Waals surface area contributed by atoms with Crippen LogP contribution >= 0.6 is 0 Å². The topological polar surface area (TPSA) is 52.6 Å². The first-order chi connectivity index (χ1) is 17.7. The normalized spacial score (nSPS) is 11.3. The van der Waals surface area contributed by atoms with E-state index in [9.17, 15) is 9.59 Å². The predicted molar refractivity (Wildman–Crippen MR) is 153 cm³/mol. The third-order valence-corrected chi connectivity index (χ3v) is 6.74. The number of allylic oxidation sites excluding steroid dienone is 2. The lowest BCUT2D eigenvalue weighted by Crippen LogP contribution is -2.13. The Labute approximate surface area is 224 Å². The van der Waals surface area contributed by atoms with E-state index in [-0.39, 0.29) is 25.2 Å². The largest absolute Gasteiger partial charge is 0.462 e. The molecule has 0 radical (unpaired) electrons. The minimum Gasteiger partial charge on any atom is -0.462 e. The van der Waals surface area contributed by atoms with E-state index in [0.717, 1.165) is 25.7 Å². The summed E-state index contributed by atoms with van der Waals surface area (Å²) in [5.74, 6) is -0.353. The van der Waals surface area contributed by atoms with Gasteiger partial charge in [0, 0.05) is 12.8 Å². The van der Waals surface area contributed by atoms with Crippen molar-refractivity contribution in [2.75, 3.05) is 13.2 Å². The molecule has 4 nitrogen and oxygen atoms in total. The molecule has 0 aliphatic carbocycles. The molecule has 0 heterocycles. The Morgan fingerprint density at radius 2 is 0.750 bits per heavy atom. The lowest BCUT2D eigenvalue weighted by Gasteiger charge is -2.07. The van der Waals surface area contributed by atoms with Gasteiger partial charge in [-0.1, -0.05) is 129 Å². The van der Waals surface area contributed by atoms with Gasteiger partial charge in [0.25, 0.3) is 0 Å². The lowest BCUT2D eigenvalue weighted by molar-refractivity contribution is -0.152. The standard InChI is InChI=1S/C32H60O4/c1-3-5-7-9-11-13-14-15-16-17-18-20-22-24-26-28-32(34)36-30-29-35-31(33)27-25-23-21-19-12-10-8-6-4-2/h15-16H,3-14,17-30H2,1-2H3/b16-15-. The van der Waals surface area contributed by atoms with Crippen molar-refractivity contribution in [3.63, 3.8) is 0 Å². The summed E-state index contributed by atoms with van der Waals surface area (Å²) in [5.41, 5.74) is 0. The van der Waals surface area contributed by atoms with Crippen LogP contribution in [0.2, 0.25) is 0 Å². The fourth-order valence-electron chi connectivity index (χ4n) is 4.38. The Hall–Kier alpha value is -1.32. The highest BCUT2D eigenvalue weighted by Gasteiger charge is 2.05. The molecule has 0 bridgehead atoms. The SMILES string of the molecule is CCCCCCCC/C=C\CCCCCCCC(=O)OCCOC(=O)CCCCCCCCCCC. The van der Waals surface area contributed by atoms with Gasteiger partial charge in [-0.25, -0.2) is 0 Å². The van der Waals surface area contributed by atoms with Crippen molar-refractivity contribution in [1.82, 2.24) is 0 Å². The fraction of sp³-hybridized carbons (Fsp3) is 0.875. The molecule has 0 aromatic carbocycles. The molecule has 0 atom stereocenters. The van der Waals surface area contributed by atoms with Crippen molar-refractivity contribution in [1.29, 1.82) is 0 Å². The molecule has 212 valence electrons. The number of unbranched alkanes of at least 4 members (excludes halogenated alkanes) is 19. The van der Waals surface area contributed by atoms with Crippen LogP contribution < -0.4 is 0 Å². The van der Waals surface area contributed by atoms with Gasteiger partial charge in [-0.3, -0.25) is 9.59 Å². The summed E-state index contributed by atoms with van der Waals surface area (Å²) in [6.45, 7) is 4.85. The maximum atomic E-state index is 11.8. The minimum atomic E-state index is -0.178. The van der Waals surface area contributed by atoms with Gasteiger partial charge in [-0.15, -0.1) is 0 Å². The van der Waals surface area contributed by atoms with Crippen LogP contribution in [0.1, 0.15) is 168 Å². The first-order valence-corrected chi connectivity index (χ1v) is 15.7. The van der Waals surface area contributed by atoms with E-state index >= 15 is 0 Å².